The number of rotatable bonds is 4. The van der Waals surface area contributed by atoms with Gasteiger partial charge in [0.1, 0.15) is 23.1 Å². The highest BCUT2D eigenvalue weighted by atomic mass is 19.3. The van der Waals surface area contributed by atoms with Crippen molar-refractivity contribution in [3.05, 3.63) is 93.7 Å². The molecule has 210 valence electrons. The normalized spacial score (nSPS) is 20.7. The van der Waals surface area contributed by atoms with Crippen LogP contribution in [-0.2, 0) is 7.05 Å². The van der Waals surface area contributed by atoms with Crippen molar-refractivity contribution >= 4 is 16.7 Å². The summed E-state index contributed by atoms with van der Waals surface area (Å²) in [5.74, 6) is -0.533. The number of fused-ring (bicyclic) bond motifs is 2. The zero-order valence-corrected chi connectivity index (χ0v) is 22.5. The van der Waals surface area contributed by atoms with E-state index in [1.807, 2.05) is 13.8 Å². The molecule has 11 heteroatoms. The maximum atomic E-state index is 14.1. The highest BCUT2D eigenvalue weighted by Crippen LogP contribution is 2.48. The number of nitriles is 1. The number of nitrogens with zero attached hydrogens (tertiary/aromatic N) is 5. The Balaban J connectivity index is 1.42. The minimum Gasteiger partial charge on any atom is -0.395 e. The van der Waals surface area contributed by atoms with E-state index in [1.54, 1.807) is 43.4 Å². The first-order valence-corrected chi connectivity index (χ1v) is 13.1. The summed E-state index contributed by atoms with van der Waals surface area (Å²) in [6.45, 7) is 4.92. The molecule has 8 nitrogen and oxygen atoms in total. The highest BCUT2D eigenvalue weighted by Gasteiger charge is 2.46. The number of alkyl halides is 2. The van der Waals surface area contributed by atoms with Gasteiger partial charge in [0, 0.05) is 43.9 Å². The number of hydrogen-bond donors (Lipinski definition) is 0. The molecule has 4 aromatic rings. The van der Waals surface area contributed by atoms with Crippen LogP contribution < -0.4 is 19.9 Å². The summed E-state index contributed by atoms with van der Waals surface area (Å²) in [7, 11) is 1.66. The maximum absolute atomic E-state index is 14.1. The summed E-state index contributed by atoms with van der Waals surface area (Å²) in [6, 6.07) is 16.7. The van der Waals surface area contributed by atoms with Crippen molar-refractivity contribution < 1.29 is 22.6 Å². The Morgan fingerprint density at radius 2 is 1.80 bits per heavy atom. The molecular weight excluding hydrogens is 535 g/mol. The molecule has 1 fully saturated rings. The molecule has 2 aromatic heterocycles. The van der Waals surface area contributed by atoms with Crippen molar-refractivity contribution in [3.63, 3.8) is 0 Å². The van der Waals surface area contributed by atoms with E-state index in [9.17, 15) is 23.2 Å². The van der Waals surface area contributed by atoms with Crippen LogP contribution in [0.5, 0.6) is 11.5 Å². The average Bonchev–Trinajstić information content (AvgIpc) is 3.28. The molecule has 41 heavy (non-hydrogen) atoms. The predicted octanol–water partition coefficient (Wildman–Crippen LogP) is 4.95. The number of hydrogen-bond acceptors (Lipinski definition) is 7. The highest BCUT2D eigenvalue weighted by molar-refractivity contribution is 5.89. The van der Waals surface area contributed by atoms with Crippen LogP contribution in [0.4, 0.5) is 18.9 Å². The second-order valence-electron chi connectivity index (χ2n) is 10.4. The Hall–Kier alpha value is -4.56. The number of para-hydroxylation sites is 1. The van der Waals surface area contributed by atoms with Crippen molar-refractivity contribution in [3.8, 4) is 17.6 Å². The lowest BCUT2D eigenvalue weighted by Crippen LogP contribution is -2.57. The van der Waals surface area contributed by atoms with Crippen LogP contribution in [0.3, 0.4) is 0 Å². The second kappa shape index (κ2) is 9.82. The molecule has 0 saturated carbocycles. The molecule has 0 aliphatic carbocycles. The lowest BCUT2D eigenvalue weighted by molar-refractivity contribution is -0.287. The van der Waals surface area contributed by atoms with Crippen molar-refractivity contribution in [2.75, 3.05) is 18.0 Å². The molecule has 2 aliphatic rings. The summed E-state index contributed by atoms with van der Waals surface area (Å²) in [5, 5.41) is 9.45. The third-order valence-corrected chi connectivity index (χ3v) is 7.80. The monoisotopic (exact) mass is 561 g/mol. The number of aryl methyl sites for hydroxylation is 1. The number of aromatic nitrogens is 2. The Kier molecular flexibility index (Phi) is 6.38. The first-order chi connectivity index (χ1) is 19.6. The number of halogens is 3. The topological polar surface area (TPSA) is 83.6 Å². The van der Waals surface area contributed by atoms with Gasteiger partial charge in [0.05, 0.1) is 17.2 Å². The maximum Gasteiger partial charge on any atom is 0.586 e. The van der Waals surface area contributed by atoms with E-state index in [4.69, 9.17) is 9.47 Å². The Morgan fingerprint density at radius 3 is 2.54 bits per heavy atom. The standard InChI is InChI=1S/C30H26F3N5O3/c1-17-16-38(18(2)15-37(17)24-13-26(39)36(3)23-12-11-21(14-34)35-27(23)24)28(19-7-9-20(31)10-8-19)22-5-4-6-25-29(22)41-30(32,33)40-25/h4-13,17-18,28H,15-16H2,1-3H3/t17-,18?,28?/m0/s1. The molecule has 4 heterocycles. The van der Waals surface area contributed by atoms with Crippen LogP contribution in [0.1, 0.15) is 36.7 Å². The van der Waals surface area contributed by atoms with Gasteiger partial charge >= 0.3 is 6.29 Å². The van der Waals surface area contributed by atoms with Gasteiger partial charge in [-0.25, -0.2) is 9.37 Å². The van der Waals surface area contributed by atoms with Crippen molar-refractivity contribution in [1.29, 1.82) is 5.26 Å². The number of anilines is 1. The summed E-state index contributed by atoms with van der Waals surface area (Å²) >= 11 is 0. The molecule has 2 aromatic carbocycles. The smallest absolute Gasteiger partial charge is 0.395 e. The largest absolute Gasteiger partial charge is 0.586 e. The van der Waals surface area contributed by atoms with Crippen molar-refractivity contribution in [2.45, 2.75) is 38.3 Å². The van der Waals surface area contributed by atoms with E-state index in [-0.39, 0.29) is 34.8 Å². The van der Waals surface area contributed by atoms with Gasteiger partial charge in [-0.3, -0.25) is 9.69 Å². The van der Waals surface area contributed by atoms with Crippen LogP contribution in [0.25, 0.3) is 11.0 Å². The van der Waals surface area contributed by atoms with E-state index in [0.29, 0.717) is 40.9 Å². The van der Waals surface area contributed by atoms with Gasteiger partial charge in [0.15, 0.2) is 11.5 Å². The minimum atomic E-state index is -3.79. The third-order valence-electron chi connectivity index (χ3n) is 7.80. The molecule has 2 aliphatic heterocycles. The first kappa shape index (κ1) is 26.7. The lowest BCUT2D eigenvalue weighted by atomic mass is 9.92. The molecule has 0 radical (unpaired) electrons. The van der Waals surface area contributed by atoms with Crippen LogP contribution >= 0.6 is 0 Å². The molecule has 0 amide bonds. The summed E-state index contributed by atoms with van der Waals surface area (Å²) in [5.41, 5.74) is 2.98. The predicted molar refractivity (Wildman–Crippen MR) is 146 cm³/mol. The molecule has 0 bridgehead atoms. The van der Waals surface area contributed by atoms with Crippen molar-refractivity contribution in [2.24, 2.45) is 7.05 Å². The van der Waals surface area contributed by atoms with Crippen LogP contribution in [0.2, 0.25) is 0 Å². The van der Waals surface area contributed by atoms with E-state index in [1.165, 1.54) is 28.8 Å². The molecular formula is C30H26F3N5O3. The molecule has 0 spiro atoms. The van der Waals surface area contributed by atoms with E-state index < -0.39 is 18.2 Å². The van der Waals surface area contributed by atoms with E-state index in [0.717, 1.165) is 0 Å². The summed E-state index contributed by atoms with van der Waals surface area (Å²) < 4.78 is 53.4. The summed E-state index contributed by atoms with van der Waals surface area (Å²) in [6.07, 6.45) is -3.79. The van der Waals surface area contributed by atoms with Gasteiger partial charge in [-0.05, 0) is 49.7 Å². The number of ether oxygens (including phenoxy) is 2. The van der Waals surface area contributed by atoms with Gasteiger partial charge in [-0.15, -0.1) is 8.78 Å². The molecule has 6 rings (SSSR count). The molecule has 2 unspecified atom stereocenters. The first-order valence-electron chi connectivity index (χ1n) is 13.1. The number of piperazine rings is 1. The molecule has 3 atom stereocenters. The molecule has 0 N–H and O–H groups in total. The van der Waals surface area contributed by atoms with E-state index in [2.05, 4.69) is 20.9 Å². The Morgan fingerprint density at radius 1 is 1.05 bits per heavy atom. The Labute approximate surface area is 233 Å². The van der Waals surface area contributed by atoms with E-state index >= 15 is 0 Å². The quantitative estimate of drug-likeness (QED) is 0.349. The SMILES string of the molecule is CC1CN(c2cc(=O)n(C)c3ccc(C#N)nc23)[C@@H](C)CN1C(c1ccc(F)cc1)c1cccc2c1OC(F)(F)O2. The number of benzene rings is 2. The fraction of sp³-hybridized carbons (Fsp3) is 0.300. The van der Waals surface area contributed by atoms with Crippen molar-refractivity contribution in [1.82, 2.24) is 14.5 Å². The second-order valence-corrected chi connectivity index (χ2v) is 10.4. The Bertz CT molecular complexity index is 1750. The fourth-order valence-corrected chi connectivity index (χ4v) is 5.84. The van der Waals surface area contributed by atoms with Crippen LogP contribution in [0, 0.1) is 17.1 Å². The van der Waals surface area contributed by atoms with Crippen LogP contribution in [0.15, 0.2) is 65.5 Å². The van der Waals surface area contributed by atoms with Gasteiger partial charge in [0.25, 0.3) is 5.56 Å². The van der Waals surface area contributed by atoms with Gasteiger partial charge in [0.2, 0.25) is 0 Å². The number of pyridine rings is 2. The third kappa shape index (κ3) is 4.64. The minimum absolute atomic E-state index is 0.0557. The summed E-state index contributed by atoms with van der Waals surface area (Å²) in [4.78, 5) is 21.7. The molecule has 1 saturated heterocycles. The van der Waals surface area contributed by atoms with Gasteiger partial charge in [-0.2, -0.15) is 5.26 Å². The lowest BCUT2D eigenvalue weighted by Gasteiger charge is -2.48. The van der Waals surface area contributed by atoms with Crippen LogP contribution in [-0.4, -0.2) is 45.9 Å². The zero-order valence-electron chi connectivity index (χ0n) is 22.5. The zero-order chi connectivity index (χ0) is 29.1. The average molecular weight is 562 g/mol. The fourth-order valence-electron chi connectivity index (χ4n) is 5.84. The van der Waals surface area contributed by atoms with Gasteiger partial charge < -0.3 is 18.9 Å². The van der Waals surface area contributed by atoms with Gasteiger partial charge in [-0.1, -0.05) is 24.3 Å².